The van der Waals surface area contributed by atoms with Crippen LogP contribution in [0.15, 0.2) is 48.5 Å². The topological polar surface area (TPSA) is 29.1 Å². The molecule has 3 heteroatoms. The maximum absolute atomic E-state index is 12.7. The molecule has 0 aromatic heterocycles. The quantitative estimate of drug-likeness (QED) is 0.896. The molecule has 0 heterocycles. The van der Waals surface area contributed by atoms with Gasteiger partial charge in [-0.2, -0.15) is 0 Å². The van der Waals surface area contributed by atoms with Crippen molar-refractivity contribution in [1.82, 2.24) is 5.32 Å². The minimum absolute atomic E-state index is 0.173. The van der Waals surface area contributed by atoms with E-state index in [0.29, 0.717) is 12.1 Å². The third-order valence-electron chi connectivity index (χ3n) is 2.89. The van der Waals surface area contributed by atoms with Gasteiger partial charge in [-0.3, -0.25) is 4.79 Å². The monoisotopic (exact) mass is 257 g/mol. The minimum Gasteiger partial charge on any atom is -0.352 e. The standard InChI is InChI=1S/C16H16FNO/c1-12-3-2-4-13(11-12)9-10-18-16(19)14-5-7-15(17)8-6-14/h2-8,11H,9-10H2,1H3,(H,18,19). The summed E-state index contributed by atoms with van der Waals surface area (Å²) in [6, 6.07) is 13.7. The summed E-state index contributed by atoms with van der Waals surface area (Å²) in [5.74, 6) is -0.510. The van der Waals surface area contributed by atoms with Gasteiger partial charge in [0.15, 0.2) is 0 Å². The van der Waals surface area contributed by atoms with E-state index in [4.69, 9.17) is 0 Å². The molecule has 19 heavy (non-hydrogen) atoms. The van der Waals surface area contributed by atoms with Crippen LogP contribution in [0.2, 0.25) is 0 Å². The molecule has 2 aromatic rings. The van der Waals surface area contributed by atoms with E-state index in [1.54, 1.807) is 0 Å². The van der Waals surface area contributed by atoms with Gasteiger partial charge in [0.1, 0.15) is 5.82 Å². The van der Waals surface area contributed by atoms with Crippen molar-refractivity contribution in [2.75, 3.05) is 6.54 Å². The Hall–Kier alpha value is -2.16. The van der Waals surface area contributed by atoms with E-state index in [0.717, 1.165) is 6.42 Å². The number of halogens is 1. The van der Waals surface area contributed by atoms with Gasteiger partial charge in [-0.1, -0.05) is 29.8 Å². The average molecular weight is 257 g/mol. The van der Waals surface area contributed by atoms with Crippen LogP contribution in [0.4, 0.5) is 4.39 Å². The lowest BCUT2D eigenvalue weighted by atomic mass is 10.1. The van der Waals surface area contributed by atoms with Crippen molar-refractivity contribution in [1.29, 1.82) is 0 Å². The largest absolute Gasteiger partial charge is 0.352 e. The van der Waals surface area contributed by atoms with Crippen molar-refractivity contribution < 1.29 is 9.18 Å². The van der Waals surface area contributed by atoms with Crippen LogP contribution in [-0.4, -0.2) is 12.5 Å². The van der Waals surface area contributed by atoms with Crippen LogP contribution < -0.4 is 5.32 Å². The van der Waals surface area contributed by atoms with E-state index in [1.807, 2.05) is 25.1 Å². The second kappa shape index (κ2) is 6.14. The molecule has 0 radical (unpaired) electrons. The van der Waals surface area contributed by atoms with Crippen LogP contribution in [0.1, 0.15) is 21.5 Å². The highest BCUT2D eigenvalue weighted by Crippen LogP contribution is 2.05. The van der Waals surface area contributed by atoms with Gasteiger partial charge in [-0.05, 0) is 43.2 Å². The van der Waals surface area contributed by atoms with Gasteiger partial charge < -0.3 is 5.32 Å². The Labute approximate surface area is 112 Å². The van der Waals surface area contributed by atoms with E-state index in [1.165, 1.54) is 35.4 Å². The average Bonchev–Trinajstić information content (AvgIpc) is 2.39. The minimum atomic E-state index is -0.337. The fourth-order valence-electron chi connectivity index (χ4n) is 1.89. The molecule has 2 nitrogen and oxygen atoms in total. The Bertz CT molecular complexity index is 563. The normalized spacial score (nSPS) is 10.2. The summed E-state index contributed by atoms with van der Waals surface area (Å²) in [6.07, 6.45) is 0.786. The zero-order chi connectivity index (χ0) is 13.7. The summed E-state index contributed by atoms with van der Waals surface area (Å²) in [6.45, 7) is 2.61. The van der Waals surface area contributed by atoms with Crippen LogP contribution >= 0.6 is 0 Å². The number of carbonyl (C=O) groups excluding carboxylic acids is 1. The maximum Gasteiger partial charge on any atom is 0.251 e. The summed E-state index contributed by atoms with van der Waals surface area (Å²) in [7, 11) is 0. The lowest BCUT2D eigenvalue weighted by Gasteiger charge is -2.06. The highest BCUT2D eigenvalue weighted by molar-refractivity contribution is 5.94. The lowest BCUT2D eigenvalue weighted by Crippen LogP contribution is -2.25. The fraction of sp³-hybridized carbons (Fsp3) is 0.188. The SMILES string of the molecule is Cc1cccc(CCNC(=O)c2ccc(F)cc2)c1. The molecule has 0 fully saturated rings. The third-order valence-corrected chi connectivity index (χ3v) is 2.89. The maximum atomic E-state index is 12.7. The predicted molar refractivity (Wildman–Crippen MR) is 73.6 cm³/mol. The molecule has 0 bridgehead atoms. The molecule has 0 aliphatic heterocycles. The number of nitrogens with one attached hydrogen (secondary N) is 1. The summed E-state index contributed by atoms with van der Waals surface area (Å²) in [4.78, 5) is 11.8. The van der Waals surface area contributed by atoms with Crippen molar-refractivity contribution >= 4 is 5.91 Å². The zero-order valence-electron chi connectivity index (χ0n) is 10.8. The Morgan fingerprint density at radius 1 is 1.16 bits per heavy atom. The van der Waals surface area contributed by atoms with Gasteiger partial charge in [0.25, 0.3) is 5.91 Å². The number of amides is 1. The first-order chi connectivity index (χ1) is 9.15. The zero-order valence-corrected chi connectivity index (χ0v) is 10.8. The highest BCUT2D eigenvalue weighted by atomic mass is 19.1. The number of benzene rings is 2. The van der Waals surface area contributed by atoms with Crippen molar-refractivity contribution in [3.8, 4) is 0 Å². The van der Waals surface area contributed by atoms with E-state index in [2.05, 4.69) is 11.4 Å². The summed E-state index contributed by atoms with van der Waals surface area (Å²) in [5, 5.41) is 2.82. The van der Waals surface area contributed by atoms with E-state index < -0.39 is 0 Å². The molecule has 0 atom stereocenters. The first-order valence-corrected chi connectivity index (χ1v) is 6.24. The number of aryl methyl sites for hydroxylation is 1. The van der Waals surface area contributed by atoms with Gasteiger partial charge in [-0.15, -0.1) is 0 Å². The molecule has 1 amide bonds. The molecule has 0 unspecified atom stereocenters. The molecular formula is C16H16FNO. The predicted octanol–water partition coefficient (Wildman–Crippen LogP) is 3.11. The van der Waals surface area contributed by atoms with Crippen molar-refractivity contribution in [2.24, 2.45) is 0 Å². The van der Waals surface area contributed by atoms with Crippen molar-refractivity contribution in [2.45, 2.75) is 13.3 Å². The number of hydrogen-bond acceptors (Lipinski definition) is 1. The smallest absolute Gasteiger partial charge is 0.251 e. The third kappa shape index (κ3) is 3.91. The molecule has 2 aromatic carbocycles. The Kier molecular flexibility index (Phi) is 4.29. The summed E-state index contributed by atoms with van der Waals surface area (Å²) in [5.41, 5.74) is 2.88. The van der Waals surface area contributed by atoms with E-state index in [9.17, 15) is 9.18 Å². The molecule has 98 valence electrons. The Balaban J connectivity index is 1.86. The first kappa shape index (κ1) is 13.3. The van der Waals surface area contributed by atoms with Gasteiger partial charge in [0, 0.05) is 12.1 Å². The molecular weight excluding hydrogens is 241 g/mol. The van der Waals surface area contributed by atoms with Gasteiger partial charge >= 0.3 is 0 Å². The van der Waals surface area contributed by atoms with Crippen LogP contribution in [0.5, 0.6) is 0 Å². The van der Waals surface area contributed by atoms with Crippen LogP contribution in [0.3, 0.4) is 0 Å². The molecule has 2 rings (SSSR count). The second-order valence-corrected chi connectivity index (χ2v) is 4.50. The summed E-state index contributed by atoms with van der Waals surface area (Å²) < 4.78 is 12.7. The van der Waals surface area contributed by atoms with Crippen LogP contribution in [-0.2, 0) is 6.42 Å². The fourth-order valence-corrected chi connectivity index (χ4v) is 1.89. The van der Waals surface area contributed by atoms with E-state index >= 15 is 0 Å². The highest BCUT2D eigenvalue weighted by Gasteiger charge is 2.04. The first-order valence-electron chi connectivity index (χ1n) is 6.24. The molecule has 0 aliphatic carbocycles. The number of carbonyl (C=O) groups is 1. The molecule has 0 aliphatic rings. The summed E-state index contributed by atoms with van der Waals surface area (Å²) >= 11 is 0. The van der Waals surface area contributed by atoms with E-state index in [-0.39, 0.29) is 11.7 Å². The van der Waals surface area contributed by atoms with Gasteiger partial charge in [0.2, 0.25) is 0 Å². The Morgan fingerprint density at radius 3 is 2.58 bits per heavy atom. The van der Waals surface area contributed by atoms with Gasteiger partial charge in [-0.25, -0.2) is 4.39 Å². The number of rotatable bonds is 4. The molecule has 0 saturated carbocycles. The number of hydrogen-bond donors (Lipinski definition) is 1. The van der Waals surface area contributed by atoms with Crippen LogP contribution in [0, 0.1) is 12.7 Å². The second-order valence-electron chi connectivity index (χ2n) is 4.50. The Morgan fingerprint density at radius 2 is 1.89 bits per heavy atom. The molecule has 0 spiro atoms. The molecule has 1 N–H and O–H groups in total. The lowest BCUT2D eigenvalue weighted by molar-refractivity contribution is 0.0954. The van der Waals surface area contributed by atoms with Crippen LogP contribution in [0.25, 0.3) is 0 Å². The van der Waals surface area contributed by atoms with Gasteiger partial charge in [0.05, 0.1) is 0 Å². The van der Waals surface area contributed by atoms with Crippen molar-refractivity contribution in [3.63, 3.8) is 0 Å². The van der Waals surface area contributed by atoms with Crippen molar-refractivity contribution in [3.05, 3.63) is 71.0 Å². The molecule has 0 saturated heterocycles.